The zero-order valence-electron chi connectivity index (χ0n) is 10.9. The molecule has 2 nitrogen and oxygen atoms in total. The average molecular weight is 224 g/mol. The Balaban J connectivity index is 1.74. The summed E-state index contributed by atoms with van der Waals surface area (Å²) < 4.78 is 0. The molecule has 2 rings (SSSR count). The lowest BCUT2D eigenvalue weighted by atomic mass is 9.83. The van der Waals surface area contributed by atoms with Crippen molar-refractivity contribution < 1.29 is 0 Å². The first-order chi connectivity index (χ1) is 7.90. The molecule has 1 aliphatic carbocycles. The molecule has 2 fully saturated rings. The number of nitrogens with one attached hydrogen (secondary N) is 1. The van der Waals surface area contributed by atoms with Gasteiger partial charge in [0.25, 0.3) is 0 Å². The second-order valence-electron chi connectivity index (χ2n) is 5.60. The van der Waals surface area contributed by atoms with Crippen LogP contribution in [-0.2, 0) is 0 Å². The van der Waals surface area contributed by atoms with Crippen molar-refractivity contribution in [1.29, 1.82) is 0 Å². The van der Waals surface area contributed by atoms with Crippen molar-refractivity contribution >= 4 is 0 Å². The lowest BCUT2D eigenvalue weighted by molar-refractivity contribution is 0.141. The van der Waals surface area contributed by atoms with Crippen LogP contribution in [0.15, 0.2) is 0 Å². The van der Waals surface area contributed by atoms with Gasteiger partial charge in [0.2, 0.25) is 0 Å². The van der Waals surface area contributed by atoms with Gasteiger partial charge in [0.05, 0.1) is 0 Å². The van der Waals surface area contributed by atoms with Crippen LogP contribution >= 0.6 is 0 Å². The second-order valence-corrected chi connectivity index (χ2v) is 5.60. The first-order valence-corrected chi connectivity index (χ1v) is 7.35. The molecule has 16 heavy (non-hydrogen) atoms. The monoisotopic (exact) mass is 224 g/mol. The van der Waals surface area contributed by atoms with Crippen LogP contribution in [0.2, 0.25) is 0 Å². The van der Waals surface area contributed by atoms with Gasteiger partial charge < -0.3 is 5.32 Å². The Kier molecular flexibility index (Phi) is 5.11. The third-order valence-electron chi connectivity index (χ3n) is 4.40. The van der Waals surface area contributed by atoms with Crippen LogP contribution in [0, 0.1) is 5.92 Å². The lowest BCUT2D eigenvalue weighted by Crippen LogP contribution is -2.40. The molecule has 0 spiro atoms. The largest absolute Gasteiger partial charge is 0.315 e. The summed E-state index contributed by atoms with van der Waals surface area (Å²) >= 11 is 0. The standard InChI is InChI=1S/C14H28N2/c1-2-4-13-5-7-14(8-6-13)16-11-3-9-15-10-12-16/h13-15H,2-12H2,1H3. The molecule has 1 N–H and O–H groups in total. The van der Waals surface area contributed by atoms with Crippen molar-refractivity contribution in [1.82, 2.24) is 10.2 Å². The lowest BCUT2D eigenvalue weighted by Gasteiger charge is -2.36. The molecule has 0 atom stereocenters. The third kappa shape index (κ3) is 3.46. The van der Waals surface area contributed by atoms with Crippen LogP contribution in [0.3, 0.4) is 0 Å². The molecule has 1 heterocycles. The molecule has 0 unspecified atom stereocenters. The van der Waals surface area contributed by atoms with E-state index >= 15 is 0 Å². The first kappa shape index (κ1) is 12.4. The summed E-state index contributed by atoms with van der Waals surface area (Å²) in [6, 6.07) is 0.910. The highest BCUT2D eigenvalue weighted by molar-refractivity contribution is 4.81. The normalized spacial score (nSPS) is 33.6. The Morgan fingerprint density at radius 3 is 2.62 bits per heavy atom. The van der Waals surface area contributed by atoms with E-state index in [1.165, 1.54) is 71.1 Å². The maximum Gasteiger partial charge on any atom is 0.0110 e. The fourth-order valence-corrected chi connectivity index (χ4v) is 3.44. The van der Waals surface area contributed by atoms with Crippen LogP contribution in [0.4, 0.5) is 0 Å². The summed E-state index contributed by atoms with van der Waals surface area (Å²) in [6.07, 6.45) is 10.1. The molecule has 0 amide bonds. The minimum absolute atomic E-state index is 0.910. The maximum absolute atomic E-state index is 3.50. The van der Waals surface area contributed by atoms with Crippen molar-refractivity contribution in [2.45, 2.75) is 57.9 Å². The second kappa shape index (κ2) is 6.61. The van der Waals surface area contributed by atoms with E-state index in [2.05, 4.69) is 17.1 Å². The van der Waals surface area contributed by atoms with Crippen molar-refractivity contribution in [3.63, 3.8) is 0 Å². The molecule has 0 aromatic carbocycles. The van der Waals surface area contributed by atoms with Gasteiger partial charge in [0, 0.05) is 19.1 Å². The molecule has 0 aromatic rings. The maximum atomic E-state index is 3.50. The van der Waals surface area contributed by atoms with Gasteiger partial charge in [-0.05, 0) is 51.1 Å². The molecule has 0 bridgehead atoms. The highest BCUT2D eigenvalue weighted by Gasteiger charge is 2.25. The van der Waals surface area contributed by atoms with Crippen LogP contribution < -0.4 is 5.32 Å². The Labute approximate surface area is 101 Å². The minimum atomic E-state index is 0.910. The Bertz CT molecular complexity index is 177. The Morgan fingerprint density at radius 1 is 1.06 bits per heavy atom. The molecule has 2 heteroatoms. The van der Waals surface area contributed by atoms with Crippen molar-refractivity contribution in [2.75, 3.05) is 26.2 Å². The predicted octanol–water partition coefficient (Wildman–Crippen LogP) is 2.64. The van der Waals surface area contributed by atoms with Gasteiger partial charge >= 0.3 is 0 Å². The summed E-state index contributed by atoms with van der Waals surface area (Å²) in [4.78, 5) is 2.75. The summed E-state index contributed by atoms with van der Waals surface area (Å²) in [5.74, 6) is 1.05. The van der Waals surface area contributed by atoms with Gasteiger partial charge in [-0.15, -0.1) is 0 Å². The topological polar surface area (TPSA) is 15.3 Å². The number of hydrogen-bond donors (Lipinski definition) is 1. The van der Waals surface area contributed by atoms with Gasteiger partial charge in [0.1, 0.15) is 0 Å². The SMILES string of the molecule is CCCC1CCC(N2CCCNCC2)CC1. The summed E-state index contributed by atoms with van der Waals surface area (Å²) in [6.45, 7) is 7.36. The van der Waals surface area contributed by atoms with Gasteiger partial charge in [-0.3, -0.25) is 4.90 Å². The van der Waals surface area contributed by atoms with E-state index in [4.69, 9.17) is 0 Å². The molecule has 94 valence electrons. The van der Waals surface area contributed by atoms with Gasteiger partial charge in [-0.2, -0.15) is 0 Å². The smallest absolute Gasteiger partial charge is 0.0110 e. The highest BCUT2D eigenvalue weighted by atomic mass is 15.2. The van der Waals surface area contributed by atoms with Crippen LogP contribution in [0.5, 0.6) is 0 Å². The van der Waals surface area contributed by atoms with E-state index in [0.29, 0.717) is 0 Å². The van der Waals surface area contributed by atoms with E-state index in [9.17, 15) is 0 Å². The molecule has 1 saturated heterocycles. The number of rotatable bonds is 3. The van der Waals surface area contributed by atoms with Gasteiger partial charge in [0.15, 0.2) is 0 Å². The zero-order valence-corrected chi connectivity index (χ0v) is 10.9. The third-order valence-corrected chi connectivity index (χ3v) is 4.40. The van der Waals surface area contributed by atoms with Crippen molar-refractivity contribution in [3.8, 4) is 0 Å². The summed E-state index contributed by atoms with van der Waals surface area (Å²) in [5.41, 5.74) is 0. The van der Waals surface area contributed by atoms with Crippen molar-refractivity contribution in [3.05, 3.63) is 0 Å². The number of nitrogens with zero attached hydrogens (tertiary/aromatic N) is 1. The van der Waals surface area contributed by atoms with E-state index < -0.39 is 0 Å². The van der Waals surface area contributed by atoms with E-state index in [-0.39, 0.29) is 0 Å². The molecular formula is C14H28N2. The fourth-order valence-electron chi connectivity index (χ4n) is 3.44. The zero-order chi connectivity index (χ0) is 11.2. The van der Waals surface area contributed by atoms with Crippen LogP contribution in [0.25, 0.3) is 0 Å². The Morgan fingerprint density at radius 2 is 1.88 bits per heavy atom. The van der Waals surface area contributed by atoms with Crippen LogP contribution in [-0.4, -0.2) is 37.1 Å². The first-order valence-electron chi connectivity index (χ1n) is 7.35. The summed E-state index contributed by atoms with van der Waals surface area (Å²) in [7, 11) is 0. The van der Waals surface area contributed by atoms with Gasteiger partial charge in [-0.1, -0.05) is 19.8 Å². The molecule has 1 aliphatic heterocycles. The van der Waals surface area contributed by atoms with Crippen molar-refractivity contribution in [2.24, 2.45) is 5.92 Å². The van der Waals surface area contributed by atoms with Crippen LogP contribution in [0.1, 0.15) is 51.9 Å². The quantitative estimate of drug-likeness (QED) is 0.793. The van der Waals surface area contributed by atoms with E-state index in [1.807, 2.05) is 0 Å². The molecule has 2 aliphatic rings. The van der Waals surface area contributed by atoms with E-state index in [0.717, 1.165) is 12.0 Å². The molecule has 0 radical (unpaired) electrons. The fraction of sp³-hybridized carbons (Fsp3) is 1.00. The van der Waals surface area contributed by atoms with Gasteiger partial charge in [-0.25, -0.2) is 0 Å². The minimum Gasteiger partial charge on any atom is -0.315 e. The highest BCUT2D eigenvalue weighted by Crippen LogP contribution is 2.30. The predicted molar refractivity (Wildman–Crippen MR) is 69.7 cm³/mol. The summed E-state index contributed by atoms with van der Waals surface area (Å²) in [5, 5.41) is 3.50. The molecule has 1 saturated carbocycles. The average Bonchev–Trinajstić information content (AvgIpc) is 2.59. The number of hydrogen-bond acceptors (Lipinski definition) is 2. The molecule has 0 aromatic heterocycles. The Hall–Kier alpha value is -0.0800. The van der Waals surface area contributed by atoms with E-state index in [1.54, 1.807) is 0 Å². The molecular weight excluding hydrogens is 196 g/mol.